The summed E-state index contributed by atoms with van der Waals surface area (Å²) in [5.74, 6) is 1.13. The molecule has 1 heteroatoms. The Hall–Kier alpha value is -0.850. The van der Waals surface area contributed by atoms with Gasteiger partial charge in [-0.1, -0.05) is 39.8 Å². The highest BCUT2D eigenvalue weighted by atomic mass is 16.1. The maximum absolute atomic E-state index is 10.7. The molecule has 0 spiro atoms. The van der Waals surface area contributed by atoms with Crippen molar-refractivity contribution in [1.82, 2.24) is 0 Å². The first-order chi connectivity index (χ1) is 5.93. The van der Waals surface area contributed by atoms with Crippen LogP contribution in [0.25, 0.3) is 0 Å². The Morgan fingerprint density at radius 1 is 1.08 bits per heavy atom. The number of allylic oxidation sites excluding steroid dienone is 4. The summed E-state index contributed by atoms with van der Waals surface area (Å²) < 4.78 is 0. The molecule has 0 amide bonds. The molecule has 1 nitrogen and oxygen atoms in total. The maximum atomic E-state index is 10.7. The lowest BCUT2D eigenvalue weighted by atomic mass is 9.98. The minimum absolute atomic E-state index is 0.107. The monoisotopic (exact) mass is 180 g/mol. The van der Waals surface area contributed by atoms with Gasteiger partial charge in [0.2, 0.25) is 0 Å². The number of rotatable bonds is 4. The fraction of sp³-hybridized carbons (Fsp3) is 0.583. The average molecular weight is 180 g/mol. The molecule has 0 aliphatic carbocycles. The molecule has 0 aromatic carbocycles. The van der Waals surface area contributed by atoms with Crippen LogP contribution in [0, 0.1) is 11.8 Å². The molecule has 0 fully saturated rings. The van der Waals surface area contributed by atoms with Gasteiger partial charge in [0.25, 0.3) is 0 Å². The van der Waals surface area contributed by atoms with E-state index in [0.717, 1.165) is 0 Å². The molecule has 0 radical (unpaired) electrons. The van der Waals surface area contributed by atoms with Crippen LogP contribution in [-0.2, 0) is 4.79 Å². The van der Waals surface area contributed by atoms with Crippen LogP contribution in [-0.4, -0.2) is 5.78 Å². The molecule has 74 valence electrons. The topological polar surface area (TPSA) is 17.1 Å². The van der Waals surface area contributed by atoms with Gasteiger partial charge < -0.3 is 0 Å². The van der Waals surface area contributed by atoms with Crippen molar-refractivity contribution < 1.29 is 4.79 Å². The molecular weight excluding hydrogens is 160 g/mol. The van der Waals surface area contributed by atoms with Crippen molar-refractivity contribution >= 4 is 5.78 Å². The van der Waals surface area contributed by atoms with E-state index >= 15 is 0 Å². The third-order valence-corrected chi connectivity index (χ3v) is 1.70. The second kappa shape index (κ2) is 5.74. The largest absolute Gasteiger partial charge is 0.295 e. The van der Waals surface area contributed by atoms with E-state index in [2.05, 4.69) is 33.8 Å². The number of carbonyl (C=O) groups is 1. The van der Waals surface area contributed by atoms with Crippen molar-refractivity contribution in [3.05, 3.63) is 23.8 Å². The van der Waals surface area contributed by atoms with E-state index in [1.807, 2.05) is 6.08 Å². The van der Waals surface area contributed by atoms with Crippen LogP contribution in [0.1, 0.15) is 34.6 Å². The highest BCUT2D eigenvalue weighted by molar-refractivity contribution is 5.87. The van der Waals surface area contributed by atoms with E-state index < -0.39 is 0 Å². The zero-order valence-electron chi connectivity index (χ0n) is 9.29. The van der Waals surface area contributed by atoms with Crippen LogP contribution in [0.4, 0.5) is 0 Å². The molecule has 0 aromatic rings. The van der Waals surface area contributed by atoms with Crippen LogP contribution < -0.4 is 0 Å². The quantitative estimate of drug-likeness (QED) is 0.479. The molecule has 0 unspecified atom stereocenters. The highest BCUT2D eigenvalue weighted by Gasteiger charge is 2.00. The zero-order valence-corrected chi connectivity index (χ0v) is 9.29. The van der Waals surface area contributed by atoms with Gasteiger partial charge >= 0.3 is 0 Å². The van der Waals surface area contributed by atoms with Crippen molar-refractivity contribution in [3.8, 4) is 0 Å². The van der Waals surface area contributed by atoms with Gasteiger partial charge in [0.05, 0.1) is 0 Å². The third-order valence-electron chi connectivity index (χ3n) is 1.70. The van der Waals surface area contributed by atoms with Crippen molar-refractivity contribution in [2.45, 2.75) is 34.6 Å². The van der Waals surface area contributed by atoms with Gasteiger partial charge in [0.15, 0.2) is 5.78 Å². The summed E-state index contributed by atoms with van der Waals surface area (Å²) in [5, 5.41) is 0. The summed E-state index contributed by atoms with van der Waals surface area (Å²) in [4.78, 5) is 10.7. The van der Waals surface area contributed by atoms with E-state index in [4.69, 9.17) is 0 Å². The second-order valence-corrected chi connectivity index (χ2v) is 4.01. The second-order valence-electron chi connectivity index (χ2n) is 4.01. The Kier molecular flexibility index (Phi) is 5.36. The first-order valence-electron chi connectivity index (χ1n) is 4.83. The summed E-state index contributed by atoms with van der Waals surface area (Å²) in [7, 11) is 0. The fourth-order valence-corrected chi connectivity index (χ4v) is 1.04. The zero-order chi connectivity index (χ0) is 10.4. The van der Waals surface area contributed by atoms with Crippen molar-refractivity contribution in [2.75, 3.05) is 0 Å². The van der Waals surface area contributed by atoms with E-state index in [-0.39, 0.29) is 5.78 Å². The molecule has 13 heavy (non-hydrogen) atoms. The molecule has 0 saturated carbocycles. The molecular formula is C12H20O. The molecule has 0 saturated heterocycles. The lowest BCUT2D eigenvalue weighted by molar-refractivity contribution is -0.112. The van der Waals surface area contributed by atoms with Gasteiger partial charge in [0.1, 0.15) is 0 Å². The summed E-state index contributed by atoms with van der Waals surface area (Å²) in [5.41, 5.74) is 1.24. The summed E-state index contributed by atoms with van der Waals surface area (Å²) in [6.07, 6.45) is 5.76. The van der Waals surface area contributed by atoms with Gasteiger partial charge in [0, 0.05) is 0 Å². The number of hydrogen-bond donors (Lipinski definition) is 0. The number of hydrogen-bond acceptors (Lipinski definition) is 1. The molecule has 0 aliphatic heterocycles. The Labute approximate surface area is 81.5 Å². The van der Waals surface area contributed by atoms with Gasteiger partial charge in [-0.05, 0) is 30.4 Å². The van der Waals surface area contributed by atoms with E-state index in [1.54, 1.807) is 13.0 Å². The van der Waals surface area contributed by atoms with E-state index in [0.29, 0.717) is 11.8 Å². The minimum Gasteiger partial charge on any atom is -0.295 e. The van der Waals surface area contributed by atoms with Gasteiger partial charge in [-0.25, -0.2) is 0 Å². The number of ketones is 1. The van der Waals surface area contributed by atoms with Gasteiger partial charge in [-0.15, -0.1) is 0 Å². The van der Waals surface area contributed by atoms with Crippen LogP contribution >= 0.6 is 0 Å². The Morgan fingerprint density at radius 2 is 1.62 bits per heavy atom. The standard InChI is InChI=1S/C12H20O/c1-9(2)8-12(10(3)4)7-6-11(5)13/h6-10H,1-5H3. The minimum atomic E-state index is 0.107. The highest BCUT2D eigenvalue weighted by Crippen LogP contribution is 2.14. The van der Waals surface area contributed by atoms with Crippen LogP contribution in [0.2, 0.25) is 0 Å². The maximum Gasteiger partial charge on any atom is 0.152 e. The third kappa shape index (κ3) is 6.32. The Morgan fingerprint density at radius 3 is 1.92 bits per heavy atom. The summed E-state index contributed by atoms with van der Waals surface area (Å²) >= 11 is 0. The summed E-state index contributed by atoms with van der Waals surface area (Å²) in [6.45, 7) is 10.1. The predicted molar refractivity (Wildman–Crippen MR) is 57.6 cm³/mol. The lowest BCUT2D eigenvalue weighted by Crippen LogP contribution is -1.94. The van der Waals surface area contributed by atoms with Crippen molar-refractivity contribution in [3.63, 3.8) is 0 Å². The molecule has 0 aliphatic rings. The Balaban J connectivity index is 4.54. The van der Waals surface area contributed by atoms with Crippen molar-refractivity contribution in [1.29, 1.82) is 0 Å². The van der Waals surface area contributed by atoms with Crippen molar-refractivity contribution in [2.24, 2.45) is 11.8 Å². The molecule has 0 atom stereocenters. The molecule has 0 aromatic heterocycles. The average Bonchev–Trinajstić information content (AvgIpc) is 1.96. The van der Waals surface area contributed by atoms with Crippen LogP contribution in [0.5, 0.6) is 0 Å². The van der Waals surface area contributed by atoms with Crippen LogP contribution in [0.3, 0.4) is 0 Å². The van der Waals surface area contributed by atoms with E-state index in [9.17, 15) is 4.79 Å². The number of carbonyl (C=O) groups excluding carboxylic acids is 1. The predicted octanol–water partition coefficient (Wildman–Crippen LogP) is 3.37. The van der Waals surface area contributed by atoms with Gasteiger partial charge in [-0.3, -0.25) is 4.79 Å². The fourth-order valence-electron chi connectivity index (χ4n) is 1.04. The SMILES string of the molecule is CC(=O)C=CC(=CC(C)C)C(C)C. The summed E-state index contributed by atoms with van der Waals surface area (Å²) in [6, 6.07) is 0. The van der Waals surface area contributed by atoms with Crippen LogP contribution in [0.15, 0.2) is 23.8 Å². The first-order valence-corrected chi connectivity index (χ1v) is 4.83. The molecule has 0 heterocycles. The molecule has 0 rings (SSSR count). The smallest absolute Gasteiger partial charge is 0.152 e. The normalized spacial score (nSPS) is 13.3. The first kappa shape index (κ1) is 12.2. The lowest BCUT2D eigenvalue weighted by Gasteiger charge is -2.07. The molecule has 0 N–H and O–H groups in total. The van der Waals surface area contributed by atoms with E-state index in [1.165, 1.54) is 5.57 Å². The Bertz CT molecular complexity index is 219. The van der Waals surface area contributed by atoms with Gasteiger partial charge in [-0.2, -0.15) is 0 Å². The molecule has 0 bridgehead atoms.